The minimum atomic E-state index is -4.59. The Bertz CT molecular complexity index is 835. The van der Waals surface area contributed by atoms with Gasteiger partial charge in [-0.2, -0.15) is 13.2 Å². The molecule has 1 atom stereocenters. The van der Waals surface area contributed by atoms with E-state index in [4.69, 9.17) is 11.6 Å². The maximum absolute atomic E-state index is 12.9. The average molecular weight is 405 g/mol. The Labute approximate surface area is 157 Å². The third-order valence-corrected chi connectivity index (χ3v) is 5.47. The lowest BCUT2D eigenvalue weighted by molar-refractivity contribution is -0.137. The van der Waals surface area contributed by atoms with Crippen LogP contribution in [0.5, 0.6) is 0 Å². The van der Waals surface area contributed by atoms with Gasteiger partial charge >= 0.3 is 6.18 Å². The zero-order chi connectivity index (χ0) is 19.1. The largest absolute Gasteiger partial charge is 0.417 e. The molecule has 1 aliphatic carbocycles. The van der Waals surface area contributed by atoms with Gasteiger partial charge in [-0.15, -0.1) is 10.2 Å². The Kier molecular flexibility index (Phi) is 5.21. The van der Waals surface area contributed by atoms with E-state index in [1.165, 1.54) is 17.8 Å². The molecule has 0 bridgehead atoms. The number of halogens is 4. The highest BCUT2D eigenvalue weighted by molar-refractivity contribution is 8.00. The van der Waals surface area contributed by atoms with E-state index in [-0.39, 0.29) is 5.69 Å². The first-order chi connectivity index (χ1) is 12.2. The van der Waals surface area contributed by atoms with Gasteiger partial charge < -0.3 is 9.88 Å². The molecule has 26 heavy (non-hydrogen) atoms. The molecule has 1 aromatic heterocycles. The monoisotopic (exact) mass is 404 g/mol. The number of hydrogen-bond acceptors (Lipinski definition) is 4. The number of carbonyl (C=O) groups excluding carboxylic acids is 1. The molecule has 1 aliphatic rings. The van der Waals surface area contributed by atoms with E-state index in [1.807, 2.05) is 11.6 Å². The van der Waals surface area contributed by atoms with Crippen molar-refractivity contribution < 1.29 is 18.0 Å². The van der Waals surface area contributed by atoms with Crippen LogP contribution < -0.4 is 5.32 Å². The summed E-state index contributed by atoms with van der Waals surface area (Å²) >= 11 is 6.79. The van der Waals surface area contributed by atoms with E-state index in [1.54, 1.807) is 6.92 Å². The molecule has 0 saturated heterocycles. The van der Waals surface area contributed by atoms with Crippen LogP contribution in [0.1, 0.15) is 37.1 Å². The second-order valence-electron chi connectivity index (χ2n) is 6.12. The number of anilines is 1. The Balaban J connectivity index is 1.68. The molecule has 1 saturated carbocycles. The van der Waals surface area contributed by atoms with Crippen molar-refractivity contribution in [3.05, 3.63) is 34.6 Å². The molecule has 1 N–H and O–H groups in total. The average Bonchev–Trinajstić information content (AvgIpc) is 3.33. The number of benzene rings is 1. The van der Waals surface area contributed by atoms with Crippen molar-refractivity contribution in [2.45, 2.75) is 42.3 Å². The van der Waals surface area contributed by atoms with Crippen LogP contribution in [0.3, 0.4) is 0 Å². The number of rotatable bonds is 5. The van der Waals surface area contributed by atoms with Gasteiger partial charge in [0.05, 0.1) is 15.8 Å². The van der Waals surface area contributed by atoms with Crippen LogP contribution >= 0.6 is 23.4 Å². The number of alkyl halides is 3. The maximum atomic E-state index is 12.9. The first-order valence-electron chi connectivity index (χ1n) is 7.90. The molecule has 5 nitrogen and oxygen atoms in total. The van der Waals surface area contributed by atoms with Gasteiger partial charge in [0, 0.05) is 18.7 Å². The van der Waals surface area contributed by atoms with Crippen LogP contribution in [-0.2, 0) is 18.0 Å². The second kappa shape index (κ2) is 7.11. The van der Waals surface area contributed by atoms with Crippen LogP contribution in [0.2, 0.25) is 5.02 Å². The van der Waals surface area contributed by atoms with E-state index < -0.39 is 27.9 Å². The highest BCUT2D eigenvalue weighted by Gasteiger charge is 2.34. The number of aromatic nitrogens is 3. The lowest BCUT2D eigenvalue weighted by atomic mass is 10.2. The van der Waals surface area contributed by atoms with Crippen LogP contribution in [0, 0.1) is 0 Å². The molecule has 10 heteroatoms. The van der Waals surface area contributed by atoms with Crippen LogP contribution in [0.15, 0.2) is 23.4 Å². The van der Waals surface area contributed by atoms with E-state index in [0.717, 1.165) is 30.8 Å². The maximum Gasteiger partial charge on any atom is 0.417 e. The Morgan fingerprint density at radius 3 is 2.69 bits per heavy atom. The second-order valence-corrected chi connectivity index (χ2v) is 7.83. The first-order valence-corrected chi connectivity index (χ1v) is 9.16. The first kappa shape index (κ1) is 19.0. The highest BCUT2D eigenvalue weighted by Crippen LogP contribution is 2.40. The number of thioether (sulfide) groups is 1. The highest BCUT2D eigenvalue weighted by atomic mass is 35.5. The van der Waals surface area contributed by atoms with Gasteiger partial charge in [0.1, 0.15) is 5.82 Å². The smallest absolute Gasteiger partial charge is 0.325 e. The molecule has 2 aromatic rings. The number of amides is 1. The van der Waals surface area contributed by atoms with Crippen molar-refractivity contribution in [1.82, 2.24) is 14.8 Å². The van der Waals surface area contributed by atoms with Gasteiger partial charge in [0.25, 0.3) is 0 Å². The SMILES string of the molecule is C[C@H](Sc1nnc(C2CC2)n1C)C(=O)Nc1ccc(Cl)c(C(F)(F)F)c1. The fourth-order valence-electron chi connectivity index (χ4n) is 2.40. The van der Waals surface area contributed by atoms with Gasteiger partial charge in [-0.05, 0) is 38.0 Å². The summed E-state index contributed by atoms with van der Waals surface area (Å²) in [4.78, 5) is 12.3. The van der Waals surface area contributed by atoms with Crippen molar-refractivity contribution in [3.8, 4) is 0 Å². The van der Waals surface area contributed by atoms with Gasteiger partial charge in [-0.3, -0.25) is 4.79 Å². The van der Waals surface area contributed by atoms with Gasteiger partial charge in [-0.1, -0.05) is 23.4 Å². The van der Waals surface area contributed by atoms with E-state index in [0.29, 0.717) is 11.1 Å². The summed E-state index contributed by atoms with van der Waals surface area (Å²) in [7, 11) is 1.84. The van der Waals surface area contributed by atoms with Crippen LogP contribution in [-0.4, -0.2) is 25.9 Å². The molecule has 0 spiro atoms. The van der Waals surface area contributed by atoms with Crippen molar-refractivity contribution >= 4 is 35.0 Å². The Hall–Kier alpha value is -1.74. The summed E-state index contributed by atoms with van der Waals surface area (Å²) in [5, 5.41) is 10.4. The minimum absolute atomic E-state index is 0.0378. The number of carbonyl (C=O) groups is 1. The molecular formula is C16H16ClF3N4OS. The quantitative estimate of drug-likeness (QED) is 0.746. The summed E-state index contributed by atoms with van der Waals surface area (Å²) in [6, 6.07) is 3.27. The Morgan fingerprint density at radius 1 is 1.38 bits per heavy atom. The molecule has 0 radical (unpaired) electrons. The van der Waals surface area contributed by atoms with E-state index >= 15 is 0 Å². The standard InChI is InChI=1S/C16H16ClF3N4OS/c1-8(26-15-23-22-13(24(15)2)9-3-4-9)14(25)21-10-5-6-12(17)11(7-10)16(18,19)20/h5-9H,3-4H2,1-2H3,(H,21,25)/t8-/m0/s1. The minimum Gasteiger partial charge on any atom is -0.325 e. The molecule has 1 heterocycles. The topological polar surface area (TPSA) is 59.8 Å². The van der Waals surface area contributed by atoms with Crippen molar-refractivity contribution in [1.29, 1.82) is 0 Å². The molecule has 3 rings (SSSR count). The lowest BCUT2D eigenvalue weighted by Crippen LogP contribution is -2.23. The third kappa shape index (κ3) is 4.15. The normalized spacial score (nSPS) is 15.8. The van der Waals surface area contributed by atoms with Gasteiger partial charge in [-0.25, -0.2) is 0 Å². The zero-order valence-electron chi connectivity index (χ0n) is 14.0. The van der Waals surface area contributed by atoms with Crippen LogP contribution in [0.4, 0.5) is 18.9 Å². The lowest BCUT2D eigenvalue weighted by Gasteiger charge is -2.14. The molecular weight excluding hydrogens is 389 g/mol. The van der Waals surface area contributed by atoms with Crippen molar-refractivity contribution in [2.24, 2.45) is 7.05 Å². The van der Waals surface area contributed by atoms with Gasteiger partial charge in [0.2, 0.25) is 5.91 Å². The fourth-order valence-corrected chi connectivity index (χ4v) is 3.45. The molecule has 0 unspecified atom stereocenters. The predicted octanol–water partition coefficient (Wildman–Crippen LogP) is 4.48. The summed E-state index contributed by atoms with van der Waals surface area (Å²) in [6.07, 6.45) is -2.41. The summed E-state index contributed by atoms with van der Waals surface area (Å²) in [6.45, 7) is 1.66. The zero-order valence-corrected chi connectivity index (χ0v) is 15.5. The predicted molar refractivity (Wildman–Crippen MR) is 93.4 cm³/mol. The number of hydrogen-bond donors (Lipinski definition) is 1. The van der Waals surface area contributed by atoms with Crippen molar-refractivity contribution in [3.63, 3.8) is 0 Å². The van der Waals surface area contributed by atoms with Crippen molar-refractivity contribution in [2.75, 3.05) is 5.32 Å². The molecule has 140 valence electrons. The number of nitrogens with zero attached hydrogens (tertiary/aromatic N) is 3. The number of nitrogens with one attached hydrogen (secondary N) is 1. The molecule has 1 aromatic carbocycles. The summed E-state index contributed by atoms with van der Waals surface area (Å²) in [5.41, 5.74) is -0.949. The molecule has 1 amide bonds. The third-order valence-electron chi connectivity index (χ3n) is 4.00. The Morgan fingerprint density at radius 2 is 2.08 bits per heavy atom. The molecule has 1 fully saturated rings. The fraction of sp³-hybridized carbons (Fsp3) is 0.438. The van der Waals surface area contributed by atoms with Crippen LogP contribution in [0.25, 0.3) is 0 Å². The van der Waals surface area contributed by atoms with E-state index in [9.17, 15) is 18.0 Å². The van der Waals surface area contributed by atoms with Gasteiger partial charge in [0.15, 0.2) is 5.16 Å². The summed E-state index contributed by atoms with van der Waals surface area (Å²) in [5.74, 6) is 0.898. The molecule has 0 aliphatic heterocycles. The van der Waals surface area contributed by atoms with E-state index in [2.05, 4.69) is 15.5 Å². The summed E-state index contributed by atoms with van der Waals surface area (Å²) < 4.78 is 40.6.